The van der Waals surface area contributed by atoms with Gasteiger partial charge in [-0.2, -0.15) is 57.1 Å². The average Bonchev–Trinajstić information content (AvgIpc) is 0.678. The van der Waals surface area contributed by atoms with Crippen molar-refractivity contribution in [1.82, 2.24) is 0 Å². The second kappa shape index (κ2) is 56.7. The van der Waals surface area contributed by atoms with Crippen LogP contribution in [0.1, 0.15) is 463 Å². The molecule has 19 heteroatoms. The molecule has 3 N–H and O–H groups in total. The van der Waals surface area contributed by atoms with Gasteiger partial charge in [-0.05, 0) is 87.9 Å². The van der Waals surface area contributed by atoms with Gasteiger partial charge in [0.25, 0.3) is 0 Å². The maximum absolute atomic E-state index is 20.1. The normalized spacial score (nSPS) is 18.0. The molecule has 0 bridgehead atoms. The van der Waals surface area contributed by atoms with Crippen molar-refractivity contribution in [3.8, 4) is 0 Å². The molecule has 1 aliphatic rings. The minimum atomic E-state index is -7.32. The third-order valence-corrected chi connectivity index (χ3v) is 23.6. The summed E-state index contributed by atoms with van der Waals surface area (Å²) in [5, 5.41) is 27.6. The van der Waals surface area contributed by atoms with Crippen molar-refractivity contribution in [3.63, 3.8) is 0 Å². The van der Waals surface area contributed by atoms with Gasteiger partial charge in [-0.25, -0.2) is 0 Å². The zero-order valence-corrected chi connectivity index (χ0v) is 65.0. The Labute approximate surface area is 617 Å². The number of carboxylic acids is 3. The first kappa shape index (κ1) is 98.5. The highest BCUT2D eigenvalue weighted by molar-refractivity contribution is 5.67. The molecule has 0 aromatic rings. The number of unbranched alkanes of at least 4 members (excludes halogenated alkanes) is 43. The van der Waals surface area contributed by atoms with Gasteiger partial charge < -0.3 is 15.3 Å². The molecule has 0 spiro atoms. The number of hydrogen-bond acceptors (Lipinski definition) is 3. The quantitative estimate of drug-likeness (QED) is 0.0413. The smallest absolute Gasteiger partial charge is 0.389 e. The van der Waals surface area contributed by atoms with Gasteiger partial charge in [0, 0.05) is 37.5 Å². The molecule has 612 valence electrons. The van der Waals surface area contributed by atoms with E-state index in [-0.39, 0.29) is 70.6 Å². The monoisotopic (exact) mass is 1500 g/mol. The highest BCUT2D eigenvalue weighted by Crippen LogP contribution is 2.75. The molecule has 2 unspecified atom stereocenters. The Kier molecular flexibility index (Phi) is 54.2. The van der Waals surface area contributed by atoms with Crippen LogP contribution in [0, 0.1) is 16.2 Å². The summed E-state index contributed by atoms with van der Waals surface area (Å²) in [6.07, 6.45) is 27.1. The maximum atomic E-state index is 20.1. The number of hydrogen-bond donors (Lipinski definition) is 3. The number of carbonyl (C=O) groups is 3. The fourth-order valence-electron chi connectivity index (χ4n) is 17.6. The van der Waals surface area contributed by atoms with Crippen molar-refractivity contribution in [2.75, 3.05) is 0 Å². The van der Waals surface area contributed by atoms with Crippen molar-refractivity contribution in [1.29, 1.82) is 0 Å². The molecule has 6 nitrogen and oxygen atoms in total. The van der Waals surface area contributed by atoms with E-state index in [2.05, 4.69) is 13.8 Å². The SMILES string of the molecule is CCCCCCCCCCCC1(CCCCCCCCCCCC(=O)O)C(CCCCCCCCCCCC(=O)O)(CCCCCCCCCCCC(=O)O)CCCCCCCCCCCC1(CCCCCCCCCCC)C(F)(F)C(F)(F)C(F)(F)C(F)(F)C(F)(F)CCCCCCC(F)(F)F. The molecule has 0 aliphatic heterocycles. The van der Waals surface area contributed by atoms with E-state index in [0.29, 0.717) is 128 Å². The highest BCUT2D eigenvalue weighted by atomic mass is 19.4. The predicted octanol–water partition coefficient (Wildman–Crippen LogP) is 31.3. The summed E-state index contributed by atoms with van der Waals surface area (Å²) < 4.78 is 218. The van der Waals surface area contributed by atoms with Crippen LogP contribution >= 0.6 is 0 Å². The van der Waals surface area contributed by atoms with E-state index in [4.69, 9.17) is 0 Å². The molecule has 1 fully saturated rings. The first-order chi connectivity index (χ1) is 49.0. The lowest BCUT2D eigenvalue weighted by atomic mass is 9.40. The number of halogens is 13. The molecule has 1 rings (SSSR count). The van der Waals surface area contributed by atoms with E-state index < -0.39 is 121 Å². The summed E-state index contributed by atoms with van der Waals surface area (Å²) in [6, 6.07) is 0. The fraction of sp³-hybridized carbons (Fsp3) is 0.964. The van der Waals surface area contributed by atoms with Gasteiger partial charge in [0.05, 0.1) is 0 Å². The van der Waals surface area contributed by atoms with Crippen LogP contribution in [-0.4, -0.2) is 69.0 Å². The Bertz CT molecular complexity index is 2040. The van der Waals surface area contributed by atoms with E-state index in [1.807, 2.05) is 0 Å². The minimum absolute atomic E-state index is 0.0570. The van der Waals surface area contributed by atoms with Gasteiger partial charge in [-0.15, -0.1) is 0 Å². The Morgan fingerprint density at radius 1 is 0.272 bits per heavy atom. The Morgan fingerprint density at radius 2 is 0.524 bits per heavy atom. The van der Waals surface area contributed by atoms with E-state index in [9.17, 15) is 42.9 Å². The largest absolute Gasteiger partial charge is 0.481 e. The summed E-state index contributed by atoms with van der Waals surface area (Å²) in [5.41, 5.74) is -6.29. The number of rotatable bonds is 67. The minimum Gasteiger partial charge on any atom is -0.481 e. The van der Waals surface area contributed by atoms with Crippen LogP contribution in [0.2, 0.25) is 0 Å². The van der Waals surface area contributed by atoms with Crippen LogP contribution in [0.4, 0.5) is 57.1 Å². The van der Waals surface area contributed by atoms with E-state index in [0.717, 1.165) is 199 Å². The van der Waals surface area contributed by atoms with Crippen LogP contribution in [0.3, 0.4) is 0 Å². The predicted molar refractivity (Wildman–Crippen MR) is 396 cm³/mol. The third kappa shape index (κ3) is 38.6. The summed E-state index contributed by atoms with van der Waals surface area (Å²) >= 11 is 0. The van der Waals surface area contributed by atoms with Crippen molar-refractivity contribution in [2.24, 2.45) is 16.2 Å². The molecule has 1 saturated carbocycles. The lowest BCUT2D eigenvalue weighted by Crippen LogP contribution is -2.74. The number of carboxylic acid groups (broad SMARTS) is 3. The molecular weight excluding hydrogens is 1350 g/mol. The molecule has 0 saturated heterocycles. The maximum Gasteiger partial charge on any atom is 0.389 e. The zero-order chi connectivity index (χ0) is 76.7. The van der Waals surface area contributed by atoms with Crippen molar-refractivity contribution in [2.45, 2.75) is 499 Å². The van der Waals surface area contributed by atoms with Crippen molar-refractivity contribution < 1.29 is 86.8 Å². The Hall–Kier alpha value is -2.50. The van der Waals surface area contributed by atoms with Crippen LogP contribution in [0.25, 0.3) is 0 Å². The summed E-state index contributed by atoms with van der Waals surface area (Å²) in [4.78, 5) is 33.6. The van der Waals surface area contributed by atoms with Crippen LogP contribution in [-0.2, 0) is 14.4 Å². The molecule has 2 atom stereocenters. The van der Waals surface area contributed by atoms with Gasteiger partial charge in [0.2, 0.25) is 0 Å². The Morgan fingerprint density at radius 3 is 0.835 bits per heavy atom. The van der Waals surface area contributed by atoms with E-state index >= 15 is 43.9 Å². The highest BCUT2D eigenvalue weighted by Gasteiger charge is 2.90. The summed E-state index contributed by atoms with van der Waals surface area (Å²) in [7, 11) is 0. The lowest BCUT2D eigenvalue weighted by Gasteiger charge is -2.65. The van der Waals surface area contributed by atoms with Gasteiger partial charge in [-0.1, -0.05) is 354 Å². The second-order valence-electron chi connectivity index (χ2n) is 32.0. The molecule has 0 aromatic heterocycles. The van der Waals surface area contributed by atoms with E-state index in [1.54, 1.807) is 0 Å². The third-order valence-electron chi connectivity index (χ3n) is 23.6. The van der Waals surface area contributed by atoms with Crippen LogP contribution in [0.5, 0.6) is 0 Å². The van der Waals surface area contributed by atoms with Gasteiger partial charge in [0.1, 0.15) is 0 Å². The standard InChI is InChI=1S/C84H149F13O6/c1-3-5-7-9-11-20-33-43-55-67-77(68-56-44-34-25-15-19-29-39-51-63-75(102)103)76(64-52-40-30-22-13-17-27-37-49-61-73(98)99,65-53-41-31-23-14-18-28-38-50-62-74(100)101)66-54-42-32-24-16-26-36-46-58-70-78(77,69-57-45-35-21-12-10-8-6-4-2)81(90,91)83(94,95)84(96,97)82(92,93)79(85,86)71-59-47-48-60-72-80(87,88)89/h3-72H2,1-2H3,(H,98,99)(H,100,101)(H,102,103). The summed E-state index contributed by atoms with van der Waals surface area (Å²) in [5.74, 6) is -35.9. The fourth-order valence-corrected chi connectivity index (χ4v) is 17.6. The molecule has 0 radical (unpaired) electrons. The van der Waals surface area contributed by atoms with Crippen LogP contribution < -0.4 is 0 Å². The van der Waals surface area contributed by atoms with Crippen molar-refractivity contribution in [3.05, 3.63) is 0 Å². The van der Waals surface area contributed by atoms with Crippen LogP contribution in [0.15, 0.2) is 0 Å². The molecule has 0 amide bonds. The molecule has 1 aliphatic carbocycles. The average molecular weight is 1500 g/mol. The van der Waals surface area contributed by atoms with Gasteiger partial charge >= 0.3 is 53.7 Å². The lowest BCUT2D eigenvalue weighted by molar-refractivity contribution is -0.428. The molecular formula is C84H149F13O6. The van der Waals surface area contributed by atoms with Gasteiger partial charge in [0.15, 0.2) is 0 Å². The van der Waals surface area contributed by atoms with E-state index in [1.165, 1.54) is 0 Å². The molecule has 0 heterocycles. The first-order valence-corrected chi connectivity index (χ1v) is 42.6. The summed E-state index contributed by atoms with van der Waals surface area (Å²) in [6.45, 7) is 4.22. The zero-order valence-electron chi connectivity index (χ0n) is 65.0. The second-order valence-corrected chi connectivity index (χ2v) is 32.0. The molecule has 0 aromatic carbocycles. The van der Waals surface area contributed by atoms with Gasteiger partial charge in [-0.3, -0.25) is 14.4 Å². The Balaban J connectivity index is 4.76. The molecule has 103 heavy (non-hydrogen) atoms. The first-order valence-electron chi connectivity index (χ1n) is 42.6. The number of aliphatic carboxylic acids is 3. The topological polar surface area (TPSA) is 112 Å². The van der Waals surface area contributed by atoms with Crippen molar-refractivity contribution >= 4 is 17.9 Å². The number of alkyl halides is 13.